The minimum absolute atomic E-state index is 0.00139. The van der Waals surface area contributed by atoms with Crippen molar-refractivity contribution in [2.75, 3.05) is 18.6 Å². The number of rotatable bonds is 6. The van der Waals surface area contributed by atoms with Crippen molar-refractivity contribution in [3.8, 4) is 5.75 Å². The summed E-state index contributed by atoms with van der Waals surface area (Å²) < 4.78 is 5.14. The van der Waals surface area contributed by atoms with Crippen LogP contribution in [0.15, 0.2) is 54.6 Å². The molecular weight excluding hydrogens is 316 g/mol. The van der Waals surface area contributed by atoms with Crippen molar-refractivity contribution >= 4 is 17.5 Å². The Morgan fingerprint density at radius 1 is 1.16 bits per heavy atom. The summed E-state index contributed by atoms with van der Waals surface area (Å²) in [6.07, 6.45) is 1.70. The zero-order valence-corrected chi connectivity index (χ0v) is 14.3. The van der Waals surface area contributed by atoms with Crippen LogP contribution in [-0.2, 0) is 16.0 Å². The van der Waals surface area contributed by atoms with Gasteiger partial charge in [-0.25, -0.2) is 0 Å². The molecule has 1 atom stereocenters. The maximum absolute atomic E-state index is 12.5. The molecule has 5 nitrogen and oxygen atoms in total. The molecule has 1 aliphatic heterocycles. The summed E-state index contributed by atoms with van der Waals surface area (Å²) in [6.45, 7) is 0.540. The molecule has 0 radical (unpaired) electrons. The first-order chi connectivity index (χ1) is 12.2. The number of para-hydroxylation sites is 1. The molecule has 0 spiro atoms. The predicted molar refractivity (Wildman–Crippen MR) is 96.7 cm³/mol. The van der Waals surface area contributed by atoms with Gasteiger partial charge in [-0.3, -0.25) is 14.5 Å². The molecular formula is C20H22N2O3. The Labute approximate surface area is 147 Å². The molecule has 25 heavy (non-hydrogen) atoms. The van der Waals surface area contributed by atoms with Crippen molar-refractivity contribution in [2.45, 2.75) is 25.3 Å². The summed E-state index contributed by atoms with van der Waals surface area (Å²) in [5.41, 5.74) is 1.91. The van der Waals surface area contributed by atoms with Crippen LogP contribution in [-0.4, -0.2) is 31.5 Å². The SMILES string of the molecule is COc1ccc(CCNC(=O)C2CCC(=O)N2c2ccccc2)cc1. The minimum Gasteiger partial charge on any atom is -0.497 e. The van der Waals surface area contributed by atoms with Gasteiger partial charge in [0.2, 0.25) is 11.8 Å². The fraction of sp³-hybridized carbons (Fsp3) is 0.300. The van der Waals surface area contributed by atoms with E-state index in [2.05, 4.69) is 5.32 Å². The van der Waals surface area contributed by atoms with E-state index in [0.29, 0.717) is 19.4 Å². The smallest absolute Gasteiger partial charge is 0.243 e. The van der Waals surface area contributed by atoms with Crippen molar-refractivity contribution in [3.05, 3.63) is 60.2 Å². The van der Waals surface area contributed by atoms with Crippen LogP contribution in [0.1, 0.15) is 18.4 Å². The van der Waals surface area contributed by atoms with Crippen molar-refractivity contribution < 1.29 is 14.3 Å². The van der Waals surface area contributed by atoms with Gasteiger partial charge in [-0.05, 0) is 42.7 Å². The maximum Gasteiger partial charge on any atom is 0.243 e. The molecule has 130 valence electrons. The topological polar surface area (TPSA) is 58.6 Å². The number of carbonyl (C=O) groups is 2. The first-order valence-electron chi connectivity index (χ1n) is 8.47. The van der Waals surface area contributed by atoms with Gasteiger partial charge in [-0.1, -0.05) is 30.3 Å². The van der Waals surface area contributed by atoms with Crippen molar-refractivity contribution in [1.82, 2.24) is 5.32 Å². The van der Waals surface area contributed by atoms with Gasteiger partial charge in [0.25, 0.3) is 0 Å². The molecule has 1 N–H and O–H groups in total. The van der Waals surface area contributed by atoms with Crippen LogP contribution in [0.3, 0.4) is 0 Å². The second kappa shape index (κ2) is 7.83. The number of hydrogen-bond donors (Lipinski definition) is 1. The Hall–Kier alpha value is -2.82. The van der Waals surface area contributed by atoms with Crippen LogP contribution in [0.5, 0.6) is 5.75 Å². The van der Waals surface area contributed by atoms with Gasteiger partial charge < -0.3 is 10.1 Å². The molecule has 2 aromatic rings. The van der Waals surface area contributed by atoms with E-state index in [1.54, 1.807) is 12.0 Å². The van der Waals surface area contributed by atoms with E-state index in [0.717, 1.165) is 23.4 Å². The normalized spacial score (nSPS) is 16.8. The number of benzene rings is 2. The Bertz CT molecular complexity index is 728. The number of nitrogens with zero attached hydrogens (tertiary/aromatic N) is 1. The second-order valence-electron chi connectivity index (χ2n) is 6.04. The number of ether oxygens (including phenoxy) is 1. The number of hydrogen-bond acceptors (Lipinski definition) is 3. The maximum atomic E-state index is 12.5. The Kier molecular flexibility index (Phi) is 5.33. The summed E-state index contributed by atoms with van der Waals surface area (Å²) in [5, 5.41) is 2.96. The van der Waals surface area contributed by atoms with Gasteiger partial charge in [-0.2, -0.15) is 0 Å². The van der Waals surface area contributed by atoms with Crippen LogP contribution in [0.4, 0.5) is 5.69 Å². The summed E-state index contributed by atoms with van der Waals surface area (Å²) in [4.78, 5) is 26.3. The lowest BCUT2D eigenvalue weighted by molar-refractivity contribution is -0.123. The molecule has 1 unspecified atom stereocenters. The third kappa shape index (κ3) is 3.99. The van der Waals surface area contributed by atoms with E-state index in [4.69, 9.17) is 4.74 Å². The fourth-order valence-electron chi connectivity index (χ4n) is 3.08. The molecule has 0 saturated carbocycles. The van der Waals surface area contributed by atoms with Gasteiger partial charge in [0.05, 0.1) is 7.11 Å². The van der Waals surface area contributed by atoms with Gasteiger partial charge >= 0.3 is 0 Å². The molecule has 0 aliphatic carbocycles. The number of anilines is 1. The average Bonchev–Trinajstić information content (AvgIpc) is 3.04. The minimum atomic E-state index is -0.425. The summed E-state index contributed by atoms with van der Waals surface area (Å²) >= 11 is 0. The lowest BCUT2D eigenvalue weighted by Gasteiger charge is -2.24. The third-order valence-electron chi connectivity index (χ3n) is 4.42. The first-order valence-corrected chi connectivity index (χ1v) is 8.47. The molecule has 1 aliphatic rings. The van der Waals surface area contributed by atoms with E-state index >= 15 is 0 Å². The van der Waals surface area contributed by atoms with Gasteiger partial charge in [0.15, 0.2) is 0 Å². The van der Waals surface area contributed by atoms with Gasteiger partial charge in [0.1, 0.15) is 11.8 Å². The van der Waals surface area contributed by atoms with E-state index < -0.39 is 6.04 Å². The summed E-state index contributed by atoms with van der Waals surface area (Å²) in [5.74, 6) is 0.723. The molecule has 1 heterocycles. The van der Waals surface area contributed by atoms with E-state index in [1.165, 1.54) is 0 Å². The standard InChI is InChI=1S/C20H22N2O3/c1-25-17-9-7-15(8-10-17)13-14-21-20(24)18-11-12-19(23)22(18)16-5-3-2-4-6-16/h2-10,18H,11-14H2,1H3,(H,21,24). The number of amides is 2. The van der Waals surface area contributed by atoms with Crippen LogP contribution < -0.4 is 15.0 Å². The summed E-state index contributed by atoms with van der Waals surface area (Å²) in [6, 6.07) is 16.7. The monoisotopic (exact) mass is 338 g/mol. The molecule has 0 bridgehead atoms. The largest absolute Gasteiger partial charge is 0.497 e. The van der Waals surface area contributed by atoms with Crippen LogP contribution in [0.2, 0.25) is 0 Å². The van der Waals surface area contributed by atoms with Crippen molar-refractivity contribution in [1.29, 1.82) is 0 Å². The molecule has 1 fully saturated rings. The number of carbonyl (C=O) groups excluding carboxylic acids is 2. The lowest BCUT2D eigenvalue weighted by Crippen LogP contribution is -2.45. The fourth-order valence-corrected chi connectivity index (χ4v) is 3.08. The third-order valence-corrected chi connectivity index (χ3v) is 4.42. The van der Waals surface area contributed by atoms with Gasteiger partial charge in [-0.15, -0.1) is 0 Å². The van der Waals surface area contributed by atoms with Crippen LogP contribution >= 0.6 is 0 Å². The highest BCUT2D eigenvalue weighted by Crippen LogP contribution is 2.26. The molecule has 1 saturated heterocycles. The molecule has 0 aromatic heterocycles. The second-order valence-corrected chi connectivity index (χ2v) is 6.04. The Balaban J connectivity index is 1.57. The average molecular weight is 338 g/mol. The number of methoxy groups -OCH3 is 1. The molecule has 2 aromatic carbocycles. The highest BCUT2D eigenvalue weighted by atomic mass is 16.5. The molecule has 2 amide bonds. The van der Waals surface area contributed by atoms with E-state index in [1.807, 2.05) is 54.6 Å². The molecule has 5 heteroatoms. The predicted octanol–water partition coefficient (Wildman–Crippen LogP) is 2.55. The molecule has 3 rings (SSSR count). The zero-order chi connectivity index (χ0) is 17.6. The Morgan fingerprint density at radius 3 is 2.56 bits per heavy atom. The Morgan fingerprint density at radius 2 is 1.88 bits per heavy atom. The quantitative estimate of drug-likeness (QED) is 0.881. The summed E-state index contributed by atoms with van der Waals surface area (Å²) in [7, 11) is 1.64. The van der Waals surface area contributed by atoms with E-state index in [9.17, 15) is 9.59 Å². The highest BCUT2D eigenvalue weighted by molar-refractivity contribution is 6.03. The van der Waals surface area contributed by atoms with Crippen LogP contribution in [0, 0.1) is 0 Å². The highest BCUT2D eigenvalue weighted by Gasteiger charge is 2.36. The van der Waals surface area contributed by atoms with Crippen molar-refractivity contribution in [2.24, 2.45) is 0 Å². The lowest BCUT2D eigenvalue weighted by atomic mass is 10.1. The van der Waals surface area contributed by atoms with Crippen molar-refractivity contribution in [3.63, 3.8) is 0 Å². The number of nitrogens with one attached hydrogen (secondary N) is 1. The van der Waals surface area contributed by atoms with Crippen LogP contribution in [0.25, 0.3) is 0 Å². The first kappa shape index (κ1) is 17.0. The zero-order valence-electron chi connectivity index (χ0n) is 14.3. The van der Waals surface area contributed by atoms with E-state index in [-0.39, 0.29) is 11.8 Å². The van der Waals surface area contributed by atoms with Gasteiger partial charge in [0, 0.05) is 18.7 Å².